The smallest absolute Gasteiger partial charge is 0.414 e. The lowest BCUT2D eigenvalue weighted by atomic mass is 10.0. The normalized spacial score (nSPS) is 17.4. The SMILES string of the molecule is CC1CNc2c(sc3ccc4nc(-c5cccc6c5N(C(=O)OC(C)(C)C)CC6)ccc4c23)C(=O)N1. The Hall–Kier alpha value is -3.65. The van der Waals surface area contributed by atoms with Crippen LogP contribution in [0.3, 0.4) is 0 Å². The predicted octanol–water partition coefficient (Wildman–Crippen LogP) is 5.96. The molecule has 1 unspecified atom stereocenters. The molecule has 2 aromatic carbocycles. The molecule has 0 saturated heterocycles. The van der Waals surface area contributed by atoms with E-state index in [1.54, 1.807) is 4.90 Å². The molecule has 36 heavy (non-hydrogen) atoms. The number of fused-ring (bicyclic) bond motifs is 6. The summed E-state index contributed by atoms with van der Waals surface area (Å²) in [6.07, 6.45) is 0.444. The summed E-state index contributed by atoms with van der Waals surface area (Å²) in [7, 11) is 0. The van der Waals surface area contributed by atoms with Gasteiger partial charge in [0.05, 0.1) is 22.6 Å². The molecular formula is C28H28N4O3S. The Kier molecular flexibility index (Phi) is 5.19. The number of amides is 2. The minimum Gasteiger partial charge on any atom is -0.443 e. The number of anilines is 2. The fourth-order valence-corrected chi connectivity index (χ4v) is 6.14. The van der Waals surface area contributed by atoms with Crippen LogP contribution >= 0.6 is 11.3 Å². The molecule has 0 bridgehead atoms. The molecular weight excluding hydrogens is 472 g/mol. The first-order chi connectivity index (χ1) is 17.2. The molecule has 184 valence electrons. The number of para-hydroxylation sites is 1. The van der Waals surface area contributed by atoms with E-state index in [9.17, 15) is 9.59 Å². The van der Waals surface area contributed by atoms with Crippen LogP contribution in [0.15, 0.2) is 42.5 Å². The highest BCUT2D eigenvalue weighted by Crippen LogP contribution is 2.43. The Labute approximate surface area is 213 Å². The summed E-state index contributed by atoms with van der Waals surface area (Å²) in [6, 6.07) is 14.3. The fraction of sp³-hybridized carbons (Fsp3) is 0.321. The van der Waals surface area contributed by atoms with Crippen molar-refractivity contribution in [3.8, 4) is 11.3 Å². The number of benzene rings is 2. The molecule has 2 aliphatic heterocycles. The van der Waals surface area contributed by atoms with E-state index in [2.05, 4.69) is 22.8 Å². The van der Waals surface area contributed by atoms with E-state index in [-0.39, 0.29) is 18.0 Å². The Morgan fingerprint density at radius 1 is 1.17 bits per heavy atom. The van der Waals surface area contributed by atoms with Gasteiger partial charge < -0.3 is 15.4 Å². The topological polar surface area (TPSA) is 83.6 Å². The molecule has 2 N–H and O–H groups in total. The second-order valence-corrected chi connectivity index (χ2v) is 11.5. The van der Waals surface area contributed by atoms with Crippen molar-refractivity contribution in [3.05, 3.63) is 52.9 Å². The number of hydrogen-bond acceptors (Lipinski definition) is 6. The number of nitrogens with one attached hydrogen (secondary N) is 2. The van der Waals surface area contributed by atoms with Crippen molar-refractivity contribution in [1.82, 2.24) is 10.3 Å². The maximum absolute atomic E-state index is 13.0. The van der Waals surface area contributed by atoms with E-state index in [1.807, 2.05) is 58.0 Å². The van der Waals surface area contributed by atoms with Crippen molar-refractivity contribution < 1.29 is 14.3 Å². The fourth-order valence-electron chi connectivity index (χ4n) is 5.04. The van der Waals surface area contributed by atoms with Crippen LogP contribution in [-0.4, -0.2) is 41.7 Å². The summed E-state index contributed by atoms with van der Waals surface area (Å²) in [5, 5.41) is 8.55. The summed E-state index contributed by atoms with van der Waals surface area (Å²) in [5.74, 6) is -0.0384. The number of pyridine rings is 1. The molecule has 2 amide bonds. The zero-order chi connectivity index (χ0) is 25.2. The van der Waals surface area contributed by atoms with Gasteiger partial charge in [0.2, 0.25) is 0 Å². The van der Waals surface area contributed by atoms with Gasteiger partial charge >= 0.3 is 6.09 Å². The van der Waals surface area contributed by atoms with Crippen molar-refractivity contribution in [1.29, 1.82) is 0 Å². The number of ether oxygens (including phenoxy) is 1. The van der Waals surface area contributed by atoms with Crippen molar-refractivity contribution >= 4 is 55.7 Å². The van der Waals surface area contributed by atoms with Crippen LogP contribution in [0.2, 0.25) is 0 Å². The summed E-state index contributed by atoms with van der Waals surface area (Å²) in [4.78, 5) is 33.2. The van der Waals surface area contributed by atoms with Gasteiger partial charge in [-0.2, -0.15) is 0 Å². The van der Waals surface area contributed by atoms with Gasteiger partial charge in [-0.3, -0.25) is 9.69 Å². The van der Waals surface area contributed by atoms with Gasteiger partial charge in [-0.15, -0.1) is 11.3 Å². The minimum atomic E-state index is -0.567. The van der Waals surface area contributed by atoms with Gasteiger partial charge in [0, 0.05) is 40.2 Å². The molecule has 4 heterocycles. The molecule has 4 aromatic rings. The van der Waals surface area contributed by atoms with Crippen LogP contribution in [0.5, 0.6) is 0 Å². The van der Waals surface area contributed by atoms with Gasteiger partial charge in [0.1, 0.15) is 10.5 Å². The second kappa shape index (κ2) is 8.20. The molecule has 8 heteroatoms. The largest absolute Gasteiger partial charge is 0.443 e. The maximum Gasteiger partial charge on any atom is 0.414 e. The van der Waals surface area contributed by atoms with E-state index in [0.717, 1.165) is 55.6 Å². The lowest BCUT2D eigenvalue weighted by molar-refractivity contribution is 0.0584. The zero-order valence-electron chi connectivity index (χ0n) is 20.8. The lowest BCUT2D eigenvalue weighted by Gasteiger charge is -2.26. The Morgan fingerprint density at radius 3 is 2.81 bits per heavy atom. The van der Waals surface area contributed by atoms with Gasteiger partial charge in [-0.25, -0.2) is 9.78 Å². The Morgan fingerprint density at radius 2 is 2.00 bits per heavy atom. The van der Waals surface area contributed by atoms with Crippen LogP contribution in [0.25, 0.3) is 32.2 Å². The number of aromatic nitrogens is 1. The molecule has 7 nitrogen and oxygen atoms in total. The van der Waals surface area contributed by atoms with Gasteiger partial charge in [-0.05, 0) is 63.9 Å². The van der Waals surface area contributed by atoms with E-state index >= 15 is 0 Å². The number of rotatable bonds is 1. The third-order valence-corrected chi connectivity index (χ3v) is 7.73. The van der Waals surface area contributed by atoms with Crippen LogP contribution in [0.1, 0.15) is 42.9 Å². The van der Waals surface area contributed by atoms with Gasteiger partial charge in [0.15, 0.2) is 0 Å². The van der Waals surface area contributed by atoms with Crippen LogP contribution in [0.4, 0.5) is 16.2 Å². The number of thiophene rings is 1. The minimum absolute atomic E-state index is 0.0384. The molecule has 0 spiro atoms. The molecule has 0 radical (unpaired) electrons. The molecule has 0 aliphatic carbocycles. The summed E-state index contributed by atoms with van der Waals surface area (Å²) < 4.78 is 6.74. The highest BCUT2D eigenvalue weighted by atomic mass is 32.1. The highest BCUT2D eigenvalue weighted by molar-refractivity contribution is 7.21. The monoisotopic (exact) mass is 500 g/mol. The van der Waals surface area contributed by atoms with E-state index in [4.69, 9.17) is 9.72 Å². The van der Waals surface area contributed by atoms with Crippen molar-refractivity contribution in [2.45, 2.75) is 45.8 Å². The predicted molar refractivity (Wildman–Crippen MR) is 145 cm³/mol. The quantitative estimate of drug-likeness (QED) is 0.337. The number of carbonyl (C=O) groups excluding carboxylic acids is 2. The summed E-state index contributed by atoms with van der Waals surface area (Å²) in [6.45, 7) is 8.89. The molecule has 2 aliphatic rings. The zero-order valence-corrected chi connectivity index (χ0v) is 21.6. The van der Waals surface area contributed by atoms with E-state index in [0.29, 0.717) is 18.0 Å². The number of carbonyl (C=O) groups is 2. The van der Waals surface area contributed by atoms with Gasteiger partial charge in [-0.1, -0.05) is 18.2 Å². The lowest BCUT2D eigenvalue weighted by Crippen LogP contribution is -2.35. The first-order valence-corrected chi connectivity index (χ1v) is 13.0. The Balaban J connectivity index is 1.46. The molecule has 0 saturated carbocycles. The molecule has 1 atom stereocenters. The maximum atomic E-state index is 13.0. The number of nitrogens with zero attached hydrogens (tertiary/aromatic N) is 2. The van der Waals surface area contributed by atoms with Crippen LogP contribution in [0, 0.1) is 0 Å². The van der Waals surface area contributed by atoms with Crippen LogP contribution < -0.4 is 15.5 Å². The standard InChI is InChI=1S/C28H28N4O3S/c1-15-14-29-23-22-17-8-9-20(31-19(17)10-11-21(22)36-25(23)26(33)30-15)18-7-5-6-16-12-13-32(24(16)18)27(34)35-28(2,3)4/h5-11,15,29H,12-14H2,1-4H3,(H,30,33). The number of hydrogen-bond donors (Lipinski definition) is 2. The molecule has 6 rings (SSSR count). The van der Waals surface area contributed by atoms with Gasteiger partial charge in [0.25, 0.3) is 5.91 Å². The van der Waals surface area contributed by atoms with E-state index in [1.165, 1.54) is 11.3 Å². The summed E-state index contributed by atoms with van der Waals surface area (Å²) in [5.41, 5.74) is 4.86. The Bertz CT molecular complexity index is 1550. The molecule has 0 fully saturated rings. The van der Waals surface area contributed by atoms with Crippen LogP contribution in [-0.2, 0) is 11.2 Å². The van der Waals surface area contributed by atoms with E-state index < -0.39 is 5.60 Å². The van der Waals surface area contributed by atoms with Crippen molar-refractivity contribution in [2.75, 3.05) is 23.3 Å². The average molecular weight is 501 g/mol. The third-order valence-electron chi connectivity index (χ3n) is 6.57. The van der Waals surface area contributed by atoms with Crippen molar-refractivity contribution in [3.63, 3.8) is 0 Å². The second-order valence-electron chi connectivity index (χ2n) is 10.5. The first-order valence-electron chi connectivity index (χ1n) is 12.2. The van der Waals surface area contributed by atoms with Crippen molar-refractivity contribution in [2.24, 2.45) is 0 Å². The first kappa shape index (κ1) is 22.8. The third kappa shape index (κ3) is 3.76. The molecule has 2 aromatic heterocycles. The highest BCUT2D eigenvalue weighted by Gasteiger charge is 2.32. The summed E-state index contributed by atoms with van der Waals surface area (Å²) >= 11 is 1.50. The average Bonchev–Trinajstić information content (AvgIpc) is 3.40.